The highest BCUT2D eigenvalue weighted by Crippen LogP contribution is 2.33. The van der Waals surface area contributed by atoms with Crippen LogP contribution in [0.4, 0.5) is 13.2 Å². The number of methoxy groups -OCH3 is 1. The first kappa shape index (κ1) is 26.1. The number of esters is 1. The van der Waals surface area contributed by atoms with Crippen molar-refractivity contribution in [2.75, 3.05) is 20.3 Å². The number of halogens is 3. The number of ether oxygens (including phenoxy) is 4. The molecule has 0 radical (unpaired) electrons. The van der Waals surface area contributed by atoms with Crippen LogP contribution in [0.2, 0.25) is 0 Å². The Hall–Kier alpha value is -2.95. The first-order chi connectivity index (χ1) is 17.1. The molecule has 1 fully saturated rings. The maximum Gasteiger partial charge on any atom is 0.416 e. The highest BCUT2D eigenvalue weighted by atomic mass is 32.1. The Balaban J connectivity index is 1.31. The summed E-state index contributed by atoms with van der Waals surface area (Å²) in [7, 11) is 1.30. The van der Waals surface area contributed by atoms with Crippen molar-refractivity contribution in [3.63, 3.8) is 0 Å². The van der Waals surface area contributed by atoms with Crippen molar-refractivity contribution in [2.24, 2.45) is 5.92 Å². The van der Waals surface area contributed by atoms with Crippen LogP contribution in [0.1, 0.15) is 28.6 Å². The van der Waals surface area contributed by atoms with E-state index in [-0.39, 0.29) is 5.92 Å². The first-order valence-corrected chi connectivity index (χ1v) is 12.1. The van der Waals surface area contributed by atoms with Gasteiger partial charge in [-0.15, -0.1) is 11.3 Å². The fraction of sp³-hybridized carbons (Fsp3) is 0.385. The minimum Gasteiger partial charge on any atom is -0.488 e. The third-order valence-electron chi connectivity index (χ3n) is 5.91. The van der Waals surface area contributed by atoms with Gasteiger partial charge in [-0.2, -0.15) is 13.2 Å². The second-order valence-corrected chi connectivity index (χ2v) is 9.75. The number of rotatable bonds is 7. The normalized spacial score (nSPS) is 20.2. The highest BCUT2D eigenvalue weighted by molar-refractivity contribution is 7.15. The average molecular weight is 522 g/mol. The Labute approximate surface area is 211 Å². The zero-order chi connectivity index (χ0) is 25.9. The second-order valence-electron chi connectivity index (χ2n) is 8.66. The summed E-state index contributed by atoms with van der Waals surface area (Å²) in [6.07, 6.45) is -3.64. The zero-order valence-electron chi connectivity index (χ0n) is 20.1. The summed E-state index contributed by atoms with van der Waals surface area (Å²) < 4.78 is 60.3. The molecule has 0 atom stereocenters. The van der Waals surface area contributed by atoms with E-state index in [0.717, 1.165) is 34.7 Å². The van der Waals surface area contributed by atoms with Crippen molar-refractivity contribution in [3.8, 4) is 16.3 Å². The minimum atomic E-state index is -4.37. The molecule has 1 saturated heterocycles. The van der Waals surface area contributed by atoms with E-state index in [9.17, 15) is 18.0 Å². The summed E-state index contributed by atoms with van der Waals surface area (Å²) in [4.78, 5) is 17.2. The molecular formula is C26H26F3NO5S. The van der Waals surface area contributed by atoms with Crippen molar-refractivity contribution in [1.29, 1.82) is 0 Å². The van der Waals surface area contributed by atoms with Gasteiger partial charge in [-0.05, 0) is 43.2 Å². The molecule has 36 heavy (non-hydrogen) atoms. The third-order valence-corrected chi connectivity index (χ3v) is 7.09. The van der Waals surface area contributed by atoms with Crippen LogP contribution in [-0.4, -0.2) is 37.1 Å². The molecule has 4 rings (SSSR count). The van der Waals surface area contributed by atoms with Gasteiger partial charge in [0, 0.05) is 18.4 Å². The second kappa shape index (κ2) is 10.6. The molecule has 0 saturated carbocycles. The van der Waals surface area contributed by atoms with Crippen molar-refractivity contribution in [1.82, 2.24) is 4.98 Å². The summed E-state index contributed by atoms with van der Waals surface area (Å²) in [5.41, 5.74) is 1.81. The molecule has 0 amide bonds. The first-order valence-electron chi connectivity index (χ1n) is 11.3. The van der Waals surface area contributed by atoms with Crippen LogP contribution in [0.3, 0.4) is 0 Å². The lowest BCUT2D eigenvalue weighted by atomic mass is 9.99. The van der Waals surface area contributed by atoms with Crippen LogP contribution in [0.25, 0.3) is 10.6 Å². The number of alkyl halides is 3. The van der Waals surface area contributed by atoms with Gasteiger partial charge < -0.3 is 18.9 Å². The molecule has 1 aliphatic heterocycles. The number of benzene rings is 2. The van der Waals surface area contributed by atoms with Crippen LogP contribution in [-0.2, 0) is 38.2 Å². The van der Waals surface area contributed by atoms with Gasteiger partial charge in [0.25, 0.3) is 5.79 Å². The van der Waals surface area contributed by atoms with Gasteiger partial charge in [-0.1, -0.05) is 24.3 Å². The monoisotopic (exact) mass is 521 g/mol. The molecule has 2 heterocycles. The predicted octanol–water partition coefficient (Wildman–Crippen LogP) is 5.81. The van der Waals surface area contributed by atoms with Gasteiger partial charge in [0.05, 0.1) is 36.5 Å². The van der Waals surface area contributed by atoms with Crippen molar-refractivity contribution < 1.29 is 36.9 Å². The predicted molar refractivity (Wildman–Crippen MR) is 128 cm³/mol. The van der Waals surface area contributed by atoms with Gasteiger partial charge in [0.15, 0.2) is 0 Å². The standard InChI is InChI=1S/C26H26F3NO5S/c1-16-22(36-23(30-16)19-6-8-20(9-7-19)26(27,28)29)15-33-21-10-4-17(5-11-21)12-18-13-34-25(2,35-14-18)24(31)32-3/h4-11,18H,12-15H2,1-3H3/t18-,25+. The Morgan fingerprint density at radius 1 is 1.11 bits per heavy atom. The lowest BCUT2D eigenvalue weighted by Gasteiger charge is -2.35. The van der Waals surface area contributed by atoms with Gasteiger partial charge in [0.2, 0.25) is 0 Å². The smallest absolute Gasteiger partial charge is 0.416 e. The summed E-state index contributed by atoms with van der Waals surface area (Å²) in [6, 6.07) is 12.7. The number of nitrogens with zero attached hydrogens (tertiary/aromatic N) is 1. The summed E-state index contributed by atoms with van der Waals surface area (Å²) in [5, 5.41) is 0.649. The van der Waals surface area contributed by atoms with E-state index in [1.807, 2.05) is 31.2 Å². The summed E-state index contributed by atoms with van der Waals surface area (Å²) >= 11 is 1.40. The third kappa shape index (κ3) is 6.05. The SMILES string of the molecule is COC(=O)[C@]1(C)OC[C@H](Cc2ccc(OCc3sc(-c4ccc(C(F)(F)F)cc4)nc3C)cc2)CO1. The molecule has 192 valence electrons. The zero-order valence-corrected chi connectivity index (χ0v) is 20.9. The Morgan fingerprint density at radius 2 is 1.75 bits per heavy atom. The molecule has 0 aliphatic carbocycles. The van der Waals surface area contributed by atoms with Gasteiger partial charge in [0.1, 0.15) is 17.4 Å². The van der Waals surface area contributed by atoms with Crippen LogP contribution < -0.4 is 4.74 Å². The van der Waals surface area contributed by atoms with E-state index in [2.05, 4.69) is 4.98 Å². The Kier molecular flexibility index (Phi) is 7.67. The fourth-order valence-corrected chi connectivity index (χ4v) is 4.74. The van der Waals surface area contributed by atoms with Crippen LogP contribution in [0, 0.1) is 12.8 Å². The van der Waals surface area contributed by atoms with Gasteiger partial charge in [-0.25, -0.2) is 9.78 Å². The van der Waals surface area contributed by atoms with Crippen molar-refractivity contribution in [2.45, 2.75) is 38.8 Å². The molecule has 6 nitrogen and oxygen atoms in total. The van der Waals surface area contributed by atoms with Crippen molar-refractivity contribution in [3.05, 3.63) is 70.2 Å². The molecule has 1 aromatic heterocycles. The lowest BCUT2D eigenvalue weighted by Crippen LogP contribution is -2.48. The number of aromatic nitrogens is 1. The number of carbonyl (C=O) groups excluding carboxylic acids is 1. The Morgan fingerprint density at radius 3 is 2.33 bits per heavy atom. The van der Waals surface area contributed by atoms with Crippen LogP contribution in [0.15, 0.2) is 48.5 Å². The Bertz CT molecular complexity index is 1180. The van der Waals surface area contributed by atoms with Gasteiger partial charge in [-0.3, -0.25) is 0 Å². The molecule has 3 aromatic rings. The number of aryl methyl sites for hydroxylation is 1. The van der Waals surface area contributed by atoms with E-state index in [1.54, 1.807) is 6.92 Å². The molecule has 0 bridgehead atoms. The molecule has 0 spiro atoms. The highest BCUT2D eigenvalue weighted by Gasteiger charge is 2.41. The maximum atomic E-state index is 12.8. The maximum absolute atomic E-state index is 12.8. The van der Waals surface area contributed by atoms with Gasteiger partial charge >= 0.3 is 12.1 Å². The molecule has 0 unspecified atom stereocenters. The minimum absolute atomic E-state index is 0.109. The number of hydrogen-bond acceptors (Lipinski definition) is 7. The molecule has 1 aliphatic rings. The molecular weight excluding hydrogens is 495 g/mol. The van der Waals surface area contributed by atoms with E-state index in [0.29, 0.717) is 36.1 Å². The molecule has 10 heteroatoms. The summed E-state index contributed by atoms with van der Waals surface area (Å²) in [5.74, 6) is -1.11. The van der Waals surface area contributed by atoms with E-state index >= 15 is 0 Å². The molecule has 0 N–H and O–H groups in total. The quantitative estimate of drug-likeness (QED) is 0.366. The topological polar surface area (TPSA) is 66.9 Å². The number of hydrogen-bond donors (Lipinski definition) is 0. The number of carbonyl (C=O) groups is 1. The van der Waals surface area contributed by atoms with E-state index < -0.39 is 23.5 Å². The number of thiazole rings is 1. The van der Waals surface area contributed by atoms with Crippen LogP contribution >= 0.6 is 11.3 Å². The van der Waals surface area contributed by atoms with E-state index in [1.165, 1.54) is 30.6 Å². The van der Waals surface area contributed by atoms with Crippen LogP contribution in [0.5, 0.6) is 5.75 Å². The lowest BCUT2D eigenvalue weighted by molar-refractivity contribution is -0.272. The summed E-state index contributed by atoms with van der Waals surface area (Å²) in [6.45, 7) is 4.48. The largest absolute Gasteiger partial charge is 0.488 e. The molecule has 2 aromatic carbocycles. The van der Waals surface area contributed by atoms with Crippen molar-refractivity contribution >= 4 is 17.3 Å². The van der Waals surface area contributed by atoms with E-state index in [4.69, 9.17) is 18.9 Å². The fourth-order valence-electron chi connectivity index (χ4n) is 3.76. The average Bonchev–Trinajstić information content (AvgIpc) is 3.24.